The number of fused-ring (bicyclic) bond motifs is 1. The Morgan fingerprint density at radius 2 is 2.07 bits per heavy atom. The summed E-state index contributed by atoms with van der Waals surface area (Å²) in [6.45, 7) is 1.42. The Balaban J connectivity index is 2.00. The average Bonchev–Trinajstić information content (AvgIpc) is 3.04. The van der Waals surface area contributed by atoms with Crippen LogP contribution < -0.4 is 10.8 Å². The molecule has 0 bridgehead atoms. The van der Waals surface area contributed by atoms with Crippen LogP contribution in [0, 0.1) is 11.6 Å². The summed E-state index contributed by atoms with van der Waals surface area (Å²) in [5, 5.41) is 12.6. The number of amidine groups is 1. The molecule has 1 aromatic heterocycles. The Morgan fingerprint density at radius 1 is 1.29 bits per heavy atom. The molecule has 148 valence electrons. The van der Waals surface area contributed by atoms with Gasteiger partial charge in [0.15, 0.2) is 5.84 Å². The Labute approximate surface area is 165 Å². The van der Waals surface area contributed by atoms with Crippen molar-refractivity contribution in [3.8, 4) is 0 Å². The van der Waals surface area contributed by atoms with Crippen LogP contribution in [0.3, 0.4) is 0 Å². The number of nitrogens with zero attached hydrogens (tertiary/aromatic N) is 3. The van der Waals surface area contributed by atoms with Gasteiger partial charge in [-0.15, -0.1) is 0 Å². The molecule has 0 aliphatic heterocycles. The van der Waals surface area contributed by atoms with E-state index in [-0.39, 0.29) is 22.1 Å². The van der Waals surface area contributed by atoms with E-state index in [4.69, 9.17) is 11.6 Å². The third kappa shape index (κ3) is 4.56. The molecule has 0 fully saturated rings. The highest BCUT2D eigenvalue weighted by atomic mass is 35.5. The first kappa shape index (κ1) is 20.0. The quantitative estimate of drug-likeness (QED) is 0.285. The summed E-state index contributed by atoms with van der Waals surface area (Å²) in [5.41, 5.74) is 3.30. The monoisotopic (exact) mass is 408 g/mol. The molecule has 3 rings (SSSR count). The summed E-state index contributed by atoms with van der Waals surface area (Å²) in [5.74, 6) is -0.719. The Morgan fingerprint density at radius 3 is 2.75 bits per heavy atom. The second kappa shape index (κ2) is 8.51. The molecule has 2 aromatic carbocycles. The number of anilines is 1. The Hall–Kier alpha value is -2.75. The number of hydrogen-bond acceptors (Lipinski definition) is 5. The number of aromatic nitrogens is 2. The summed E-state index contributed by atoms with van der Waals surface area (Å²) in [7, 11) is 3.90. The highest BCUT2D eigenvalue weighted by Crippen LogP contribution is 2.25. The van der Waals surface area contributed by atoms with Crippen LogP contribution in [0.4, 0.5) is 20.4 Å². The number of rotatable bonds is 6. The molecule has 0 saturated heterocycles. The van der Waals surface area contributed by atoms with E-state index in [2.05, 4.69) is 20.3 Å². The average molecular weight is 409 g/mol. The van der Waals surface area contributed by atoms with Crippen molar-refractivity contribution in [3.63, 3.8) is 0 Å². The molecule has 3 aromatic rings. The van der Waals surface area contributed by atoms with Crippen LogP contribution in [0.2, 0.25) is 5.02 Å². The van der Waals surface area contributed by atoms with E-state index in [1.54, 1.807) is 0 Å². The number of H-pyrrole nitrogens is 1. The number of halogens is 3. The SMILES string of the molecule is CN(C)CCNc1nc2c(C(=Nc3ccc(F)c(Cl)c3)NO)cc(F)cc2[nH]1. The molecule has 7 nitrogen and oxygen atoms in total. The van der Waals surface area contributed by atoms with Crippen molar-refractivity contribution in [1.82, 2.24) is 20.3 Å². The maximum atomic E-state index is 14.1. The van der Waals surface area contributed by atoms with Gasteiger partial charge in [-0.2, -0.15) is 0 Å². The molecular formula is C18H19ClF2N6O. The van der Waals surface area contributed by atoms with Gasteiger partial charge in [0.25, 0.3) is 0 Å². The molecule has 28 heavy (non-hydrogen) atoms. The first-order chi connectivity index (χ1) is 13.4. The van der Waals surface area contributed by atoms with Crippen LogP contribution in [-0.4, -0.2) is 53.1 Å². The zero-order chi connectivity index (χ0) is 20.3. The molecule has 1 heterocycles. The van der Waals surface area contributed by atoms with E-state index in [1.807, 2.05) is 24.5 Å². The number of aromatic amines is 1. The maximum Gasteiger partial charge on any atom is 0.201 e. The van der Waals surface area contributed by atoms with E-state index in [9.17, 15) is 14.0 Å². The summed E-state index contributed by atoms with van der Waals surface area (Å²) < 4.78 is 27.4. The molecule has 0 spiro atoms. The number of aliphatic imine (C=N–C) groups is 1. The van der Waals surface area contributed by atoms with E-state index in [1.165, 1.54) is 24.3 Å². The topological polar surface area (TPSA) is 88.6 Å². The van der Waals surface area contributed by atoms with Crippen LogP contribution in [0.1, 0.15) is 5.56 Å². The second-order valence-electron chi connectivity index (χ2n) is 6.34. The van der Waals surface area contributed by atoms with Crippen LogP contribution in [0.5, 0.6) is 0 Å². The van der Waals surface area contributed by atoms with Gasteiger partial charge in [-0.1, -0.05) is 11.6 Å². The number of hydroxylamine groups is 1. The summed E-state index contributed by atoms with van der Waals surface area (Å²) in [4.78, 5) is 13.6. The van der Waals surface area contributed by atoms with Crippen molar-refractivity contribution in [2.45, 2.75) is 0 Å². The van der Waals surface area contributed by atoms with Gasteiger partial charge >= 0.3 is 0 Å². The number of benzene rings is 2. The molecule has 4 N–H and O–H groups in total. The summed E-state index contributed by atoms with van der Waals surface area (Å²) in [6, 6.07) is 6.32. The molecule has 0 atom stereocenters. The number of imidazole rings is 1. The van der Waals surface area contributed by atoms with Gasteiger partial charge < -0.3 is 15.2 Å². The molecule has 0 aliphatic carbocycles. The predicted molar refractivity (Wildman–Crippen MR) is 106 cm³/mol. The summed E-state index contributed by atoms with van der Waals surface area (Å²) in [6.07, 6.45) is 0. The predicted octanol–water partition coefficient (Wildman–Crippen LogP) is 3.53. The third-order valence-corrected chi connectivity index (χ3v) is 4.20. The molecule has 0 aliphatic rings. The van der Waals surface area contributed by atoms with E-state index >= 15 is 0 Å². The number of hydrogen-bond donors (Lipinski definition) is 4. The first-order valence-electron chi connectivity index (χ1n) is 8.39. The molecule has 10 heteroatoms. The van der Waals surface area contributed by atoms with Crippen LogP contribution >= 0.6 is 11.6 Å². The third-order valence-electron chi connectivity index (χ3n) is 3.91. The van der Waals surface area contributed by atoms with Crippen LogP contribution in [-0.2, 0) is 0 Å². The minimum absolute atomic E-state index is 0.0569. The van der Waals surface area contributed by atoms with Crippen molar-refractivity contribution in [3.05, 3.63) is 52.6 Å². The van der Waals surface area contributed by atoms with Crippen LogP contribution in [0.25, 0.3) is 11.0 Å². The lowest BCUT2D eigenvalue weighted by molar-refractivity contribution is 0.235. The van der Waals surface area contributed by atoms with Crippen molar-refractivity contribution < 1.29 is 14.0 Å². The molecule has 0 saturated carbocycles. The van der Waals surface area contributed by atoms with E-state index in [0.29, 0.717) is 23.5 Å². The van der Waals surface area contributed by atoms with Crippen LogP contribution in [0.15, 0.2) is 35.3 Å². The van der Waals surface area contributed by atoms with Gasteiger partial charge in [0.2, 0.25) is 5.95 Å². The van der Waals surface area contributed by atoms with Gasteiger partial charge in [-0.25, -0.2) is 18.8 Å². The van der Waals surface area contributed by atoms with Gasteiger partial charge in [-0.3, -0.25) is 10.7 Å². The highest BCUT2D eigenvalue weighted by molar-refractivity contribution is 6.31. The van der Waals surface area contributed by atoms with Gasteiger partial charge in [0, 0.05) is 18.7 Å². The van der Waals surface area contributed by atoms with E-state index in [0.717, 1.165) is 12.6 Å². The highest BCUT2D eigenvalue weighted by Gasteiger charge is 2.15. The molecule has 0 amide bonds. The van der Waals surface area contributed by atoms with Gasteiger partial charge in [0.05, 0.1) is 16.2 Å². The molecule has 0 radical (unpaired) electrons. The Kier molecular flexibility index (Phi) is 6.08. The van der Waals surface area contributed by atoms with Crippen molar-refractivity contribution >= 4 is 40.1 Å². The standard InChI is InChI=1S/C18H19ClF2N6O/c1-27(2)6-5-22-18-24-15-8-10(20)7-12(16(15)25-18)17(26-28)23-11-3-4-14(21)13(19)9-11/h3-4,7-9,28H,5-6H2,1-2H3,(H,23,26)(H2,22,24,25). The smallest absolute Gasteiger partial charge is 0.201 e. The Bertz CT molecular complexity index is 1020. The fourth-order valence-electron chi connectivity index (χ4n) is 2.57. The van der Waals surface area contributed by atoms with Crippen molar-refractivity contribution in [1.29, 1.82) is 0 Å². The maximum absolute atomic E-state index is 14.1. The minimum atomic E-state index is -0.590. The molecular weight excluding hydrogens is 390 g/mol. The fraction of sp³-hybridized carbons (Fsp3) is 0.222. The van der Waals surface area contributed by atoms with Gasteiger partial charge in [0.1, 0.15) is 17.2 Å². The number of likely N-dealkylation sites (N-methyl/N-ethyl adjacent to an activating group) is 1. The van der Waals surface area contributed by atoms with Crippen molar-refractivity contribution in [2.24, 2.45) is 4.99 Å². The summed E-state index contributed by atoms with van der Waals surface area (Å²) >= 11 is 5.76. The lowest BCUT2D eigenvalue weighted by atomic mass is 10.1. The number of nitrogens with one attached hydrogen (secondary N) is 3. The fourth-order valence-corrected chi connectivity index (χ4v) is 2.75. The zero-order valence-electron chi connectivity index (χ0n) is 15.2. The van der Waals surface area contributed by atoms with Gasteiger partial charge in [-0.05, 0) is 44.4 Å². The minimum Gasteiger partial charge on any atom is -0.355 e. The molecule has 0 unspecified atom stereocenters. The second-order valence-corrected chi connectivity index (χ2v) is 6.74. The van der Waals surface area contributed by atoms with Crippen molar-refractivity contribution in [2.75, 3.05) is 32.5 Å². The first-order valence-corrected chi connectivity index (χ1v) is 8.77. The lowest BCUT2D eigenvalue weighted by Crippen LogP contribution is -2.21. The lowest BCUT2D eigenvalue weighted by Gasteiger charge is -2.09. The zero-order valence-corrected chi connectivity index (χ0v) is 16.0. The largest absolute Gasteiger partial charge is 0.355 e. The normalized spacial score (nSPS) is 12.0. The van der Waals surface area contributed by atoms with E-state index < -0.39 is 11.6 Å².